The average molecular weight is 394 g/mol. The van der Waals surface area contributed by atoms with E-state index >= 15 is 0 Å². The summed E-state index contributed by atoms with van der Waals surface area (Å²) < 4.78 is 5.60. The molecule has 2 atom stereocenters. The van der Waals surface area contributed by atoms with Crippen molar-refractivity contribution in [2.75, 3.05) is 31.3 Å². The summed E-state index contributed by atoms with van der Waals surface area (Å²) >= 11 is 1.67. The Morgan fingerprint density at radius 2 is 2.07 bits per heavy atom. The lowest BCUT2D eigenvalue weighted by Crippen LogP contribution is -2.50. The minimum absolute atomic E-state index is 0.00647. The number of hydrogen-bond donors (Lipinski definition) is 1. The van der Waals surface area contributed by atoms with Gasteiger partial charge in [-0.1, -0.05) is 26.7 Å². The van der Waals surface area contributed by atoms with Gasteiger partial charge in [0.25, 0.3) is 0 Å². The molecular formula is C20H31N3O3S. The van der Waals surface area contributed by atoms with Crippen LogP contribution in [-0.4, -0.2) is 58.9 Å². The topological polar surface area (TPSA) is 65.8 Å². The van der Waals surface area contributed by atoms with Crippen molar-refractivity contribution in [2.45, 2.75) is 51.6 Å². The molecule has 2 amide bonds. The Morgan fingerprint density at radius 3 is 2.70 bits per heavy atom. The monoisotopic (exact) mass is 393 g/mol. The number of nitrogens with one attached hydrogen (secondary N) is 1. The lowest BCUT2D eigenvalue weighted by molar-refractivity contribution is -0.141. The first-order valence-electron chi connectivity index (χ1n) is 10.1. The van der Waals surface area contributed by atoms with Gasteiger partial charge in [0.1, 0.15) is 11.8 Å². The number of carbonyl (C=O) groups is 2. The molecule has 2 aliphatic rings. The molecule has 1 saturated carbocycles. The molecule has 3 rings (SSSR count). The molecule has 0 radical (unpaired) electrons. The van der Waals surface area contributed by atoms with Crippen LogP contribution in [0.5, 0.6) is 0 Å². The normalized spacial score (nSPS) is 21.7. The summed E-state index contributed by atoms with van der Waals surface area (Å²) in [6.45, 7) is 6.46. The predicted octanol–water partition coefficient (Wildman–Crippen LogP) is 2.87. The van der Waals surface area contributed by atoms with Gasteiger partial charge in [0.05, 0.1) is 18.2 Å². The van der Waals surface area contributed by atoms with E-state index in [-0.39, 0.29) is 29.8 Å². The fourth-order valence-corrected chi connectivity index (χ4v) is 5.32. The average Bonchev–Trinajstić information content (AvgIpc) is 3.45. The maximum Gasteiger partial charge on any atom is 0.243 e. The van der Waals surface area contributed by atoms with Crippen LogP contribution in [0.1, 0.15) is 51.3 Å². The van der Waals surface area contributed by atoms with Crippen LogP contribution in [0.15, 0.2) is 22.8 Å². The first-order chi connectivity index (χ1) is 13.2. The van der Waals surface area contributed by atoms with Gasteiger partial charge in [-0.05, 0) is 38.1 Å². The molecule has 0 aromatic carbocycles. The molecule has 1 aliphatic carbocycles. The van der Waals surface area contributed by atoms with Gasteiger partial charge in [-0.15, -0.1) is 11.8 Å². The van der Waals surface area contributed by atoms with Crippen molar-refractivity contribution in [3.05, 3.63) is 24.2 Å². The Balaban J connectivity index is 1.61. The van der Waals surface area contributed by atoms with Gasteiger partial charge in [0.15, 0.2) is 0 Å². The molecule has 7 heteroatoms. The molecule has 1 aromatic heterocycles. The number of amides is 2. The van der Waals surface area contributed by atoms with E-state index in [2.05, 4.69) is 24.1 Å². The third kappa shape index (κ3) is 4.69. The van der Waals surface area contributed by atoms with Gasteiger partial charge < -0.3 is 14.6 Å². The van der Waals surface area contributed by atoms with E-state index < -0.39 is 0 Å². The smallest absolute Gasteiger partial charge is 0.243 e. The van der Waals surface area contributed by atoms with Crippen LogP contribution in [0.3, 0.4) is 0 Å². The minimum atomic E-state index is -0.350. The van der Waals surface area contributed by atoms with Gasteiger partial charge in [-0.25, -0.2) is 0 Å². The fraction of sp³-hybridized carbons (Fsp3) is 0.700. The van der Waals surface area contributed by atoms with Gasteiger partial charge in [-0.3, -0.25) is 14.5 Å². The number of hydrogen-bond acceptors (Lipinski definition) is 5. The lowest BCUT2D eigenvalue weighted by Gasteiger charge is -2.30. The zero-order valence-corrected chi connectivity index (χ0v) is 17.2. The summed E-state index contributed by atoms with van der Waals surface area (Å²) in [5.41, 5.74) is 0. The SMILES string of the molecule is CCN(CC)C(CNC(=O)C1CSCN1C(=O)C1CCCC1)c1ccco1. The van der Waals surface area contributed by atoms with Gasteiger partial charge in [-0.2, -0.15) is 0 Å². The van der Waals surface area contributed by atoms with Crippen LogP contribution < -0.4 is 5.32 Å². The predicted molar refractivity (Wildman–Crippen MR) is 107 cm³/mol. The highest BCUT2D eigenvalue weighted by Crippen LogP contribution is 2.31. The summed E-state index contributed by atoms with van der Waals surface area (Å²) in [5, 5.41) is 3.09. The van der Waals surface area contributed by atoms with E-state index in [1.54, 1.807) is 22.9 Å². The highest BCUT2D eigenvalue weighted by molar-refractivity contribution is 7.99. The van der Waals surface area contributed by atoms with Gasteiger partial charge in [0, 0.05) is 18.2 Å². The molecule has 6 nitrogen and oxygen atoms in total. The molecule has 2 fully saturated rings. The van der Waals surface area contributed by atoms with Crippen LogP contribution in [0.2, 0.25) is 0 Å². The number of carbonyl (C=O) groups excluding carboxylic acids is 2. The van der Waals surface area contributed by atoms with Crippen molar-refractivity contribution in [3.63, 3.8) is 0 Å². The third-order valence-electron chi connectivity index (χ3n) is 5.77. The standard InChI is InChI=1S/C20H31N3O3S/c1-3-22(4-2)16(18-10-7-11-26-18)12-21-19(24)17-13-27-14-23(17)20(25)15-8-5-6-9-15/h7,10-11,15-17H,3-6,8-9,12-14H2,1-2H3,(H,21,24). The summed E-state index contributed by atoms with van der Waals surface area (Å²) in [4.78, 5) is 29.7. The van der Waals surface area contributed by atoms with Crippen LogP contribution >= 0.6 is 11.8 Å². The molecule has 0 bridgehead atoms. The maximum atomic E-state index is 12.9. The van der Waals surface area contributed by atoms with E-state index in [4.69, 9.17) is 4.42 Å². The summed E-state index contributed by atoms with van der Waals surface area (Å²) in [6.07, 6.45) is 5.86. The number of furan rings is 1. The van der Waals surface area contributed by atoms with Crippen LogP contribution in [0.25, 0.3) is 0 Å². The number of nitrogens with zero attached hydrogens (tertiary/aromatic N) is 2. The van der Waals surface area contributed by atoms with Crippen molar-refractivity contribution < 1.29 is 14.0 Å². The number of rotatable bonds is 8. The van der Waals surface area contributed by atoms with E-state index in [1.165, 1.54) is 0 Å². The molecule has 1 aromatic rings. The quantitative estimate of drug-likeness (QED) is 0.736. The first kappa shape index (κ1) is 20.3. The second-order valence-electron chi connectivity index (χ2n) is 7.30. The second kappa shape index (κ2) is 9.64. The Hall–Kier alpha value is -1.47. The molecule has 0 spiro atoms. The molecular weight excluding hydrogens is 362 g/mol. The first-order valence-corrected chi connectivity index (χ1v) is 11.2. The largest absolute Gasteiger partial charge is 0.468 e. The molecule has 27 heavy (non-hydrogen) atoms. The Kier molecular flexibility index (Phi) is 7.24. The van der Waals surface area contributed by atoms with Crippen LogP contribution in [-0.2, 0) is 9.59 Å². The number of thioether (sulfide) groups is 1. The fourth-order valence-electron chi connectivity index (χ4n) is 4.15. The third-order valence-corrected chi connectivity index (χ3v) is 6.78. The molecule has 1 saturated heterocycles. The van der Waals surface area contributed by atoms with Crippen LogP contribution in [0.4, 0.5) is 0 Å². The van der Waals surface area contributed by atoms with Crippen molar-refractivity contribution in [2.24, 2.45) is 5.92 Å². The minimum Gasteiger partial charge on any atom is -0.468 e. The van der Waals surface area contributed by atoms with E-state index in [1.807, 2.05) is 12.1 Å². The Morgan fingerprint density at radius 1 is 1.33 bits per heavy atom. The Bertz CT molecular complexity index is 612. The van der Waals surface area contributed by atoms with Gasteiger partial charge >= 0.3 is 0 Å². The zero-order chi connectivity index (χ0) is 19.2. The summed E-state index contributed by atoms with van der Waals surface area (Å²) in [5.74, 6) is 2.41. The molecule has 1 N–H and O–H groups in total. The van der Waals surface area contributed by atoms with E-state index in [0.717, 1.165) is 44.5 Å². The van der Waals surface area contributed by atoms with Crippen LogP contribution in [0, 0.1) is 5.92 Å². The molecule has 150 valence electrons. The number of likely N-dealkylation sites (N-methyl/N-ethyl adjacent to an activating group) is 1. The highest BCUT2D eigenvalue weighted by Gasteiger charge is 2.38. The van der Waals surface area contributed by atoms with Crippen molar-refractivity contribution >= 4 is 23.6 Å². The second-order valence-corrected chi connectivity index (χ2v) is 8.30. The van der Waals surface area contributed by atoms with E-state index in [9.17, 15) is 9.59 Å². The van der Waals surface area contributed by atoms with Crippen molar-refractivity contribution in [1.29, 1.82) is 0 Å². The Labute approximate surface area is 166 Å². The summed E-state index contributed by atoms with van der Waals surface area (Å²) in [7, 11) is 0. The van der Waals surface area contributed by atoms with Crippen molar-refractivity contribution in [3.8, 4) is 0 Å². The summed E-state index contributed by atoms with van der Waals surface area (Å²) in [6, 6.07) is 3.49. The van der Waals surface area contributed by atoms with Crippen molar-refractivity contribution in [1.82, 2.24) is 15.1 Å². The maximum absolute atomic E-state index is 12.9. The molecule has 2 unspecified atom stereocenters. The lowest BCUT2D eigenvalue weighted by atomic mass is 10.1. The van der Waals surface area contributed by atoms with Gasteiger partial charge in [0.2, 0.25) is 11.8 Å². The van der Waals surface area contributed by atoms with E-state index in [0.29, 0.717) is 18.2 Å². The highest BCUT2D eigenvalue weighted by atomic mass is 32.2. The zero-order valence-electron chi connectivity index (χ0n) is 16.4. The molecule has 1 aliphatic heterocycles. The molecule has 2 heterocycles.